The summed E-state index contributed by atoms with van der Waals surface area (Å²) >= 11 is 3.34. The molecule has 4 nitrogen and oxygen atoms in total. The standard InChI is InChI=1S/C15H17BrN2O2/c16-11-6-7-13(10(8-11)9-17)18-14-5-3-1-2-4-12(14)15(19)20/h6-8,12,14,18H,1-5H2,(H,19,20). The van der Waals surface area contributed by atoms with Gasteiger partial charge >= 0.3 is 5.97 Å². The third-order valence-corrected chi connectivity index (χ3v) is 4.27. The Labute approximate surface area is 126 Å². The number of carboxylic acids is 1. The highest BCUT2D eigenvalue weighted by Crippen LogP contribution is 2.28. The van der Waals surface area contributed by atoms with Gasteiger partial charge in [-0.3, -0.25) is 4.79 Å². The Hall–Kier alpha value is -1.54. The van der Waals surface area contributed by atoms with Crippen LogP contribution in [0.25, 0.3) is 0 Å². The molecule has 0 aromatic heterocycles. The number of aliphatic carboxylic acids is 1. The molecule has 5 heteroatoms. The summed E-state index contributed by atoms with van der Waals surface area (Å²) in [6.07, 6.45) is 4.59. The maximum Gasteiger partial charge on any atom is 0.308 e. The lowest BCUT2D eigenvalue weighted by Gasteiger charge is -2.24. The van der Waals surface area contributed by atoms with Crippen molar-refractivity contribution >= 4 is 27.6 Å². The van der Waals surface area contributed by atoms with Crippen LogP contribution in [0.1, 0.15) is 37.7 Å². The van der Waals surface area contributed by atoms with Crippen molar-refractivity contribution in [3.63, 3.8) is 0 Å². The van der Waals surface area contributed by atoms with Crippen molar-refractivity contribution in [3.05, 3.63) is 28.2 Å². The van der Waals surface area contributed by atoms with Gasteiger partial charge in [-0.25, -0.2) is 0 Å². The number of carboxylic acid groups (broad SMARTS) is 1. The Kier molecular flexibility index (Phi) is 5.02. The van der Waals surface area contributed by atoms with E-state index in [0.29, 0.717) is 17.7 Å². The fraction of sp³-hybridized carbons (Fsp3) is 0.467. The zero-order valence-corrected chi connectivity index (χ0v) is 12.7. The van der Waals surface area contributed by atoms with E-state index in [1.165, 1.54) is 0 Å². The molecule has 2 rings (SSSR count). The molecule has 0 spiro atoms. The molecule has 1 aromatic carbocycles. The molecule has 20 heavy (non-hydrogen) atoms. The minimum absolute atomic E-state index is 0.108. The van der Waals surface area contributed by atoms with Crippen molar-refractivity contribution < 1.29 is 9.90 Å². The van der Waals surface area contributed by atoms with Crippen molar-refractivity contribution in [1.29, 1.82) is 5.26 Å². The van der Waals surface area contributed by atoms with E-state index >= 15 is 0 Å². The van der Waals surface area contributed by atoms with E-state index < -0.39 is 5.97 Å². The predicted octanol–water partition coefficient (Wildman–Crippen LogP) is 3.77. The average molecular weight is 337 g/mol. The van der Waals surface area contributed by atoms with Gasteiger partial charge in [0, 0.05) is 10.5 Å². The highest BCUT2D eigenvalue weighted by atomic mass is 79.9. The first-order valence-electron chi connectivity index (χ1n) is 6.81. The van der Waals surface area contributed by atoms with E-state index in [-0.39, 0.29) is 12.0 Å². The van der Waals surface area contributed by atoms with Crippen LogP contribution in [-0.4, -0.2) is 17.1 Å². The van der Waals surface area contributed by atoms with E-state index in [2.05, 4.69) is 27.3 Å². The van der Waals surface area contributed by atoms with E-state index in [4.69, 9.17) is 0 Å². The molecule has 1 aliphatic rings. The molecule has 0 bridgehead atoms. The molecule has 2 atom stereocenters. The van der Waals surface area contributed by atoms with Gasteiger partial charge in [-0.15, -0.1) is 0 Å². The zero-order valence-electron chi connectivity index (χ0n) is 11.1. The summed E-state index contributed by atoms with van der Waals surface area (Å²) < 4.78 is 0.843. The number of nitrogens with zero attached hydrogens (tertiary/aromatic N) is 1. The van der Waals surface area contributed by atoms with Crippen LogP contribution in [0.4, 0.5) is 5.69 Å². The number of hydrogen-bond acceptors (Lipinski definition) is 3. The van der Waals surface area contributed by atoms with Crippen molar-refractivity contribution in [1.82, 2.24) is 0 Å². The summed E-state index contributed by atoms with van der Waals surface area (Å²) in [4.78, 5) is 11.4. The molecule has 2 unspecified atom stereocenters. The van der Waals surface area contributed by atoms with Gasteiger partial charge in [0.2, 0.25) is 0 Å². The second kappa shape index (κ2) is 6.76. The van der Waals surface area contributed by atoms with Crippen LogP contribution in [0.15, 0.2) is 22.7 Å². The first-order chi connectivity index (χ1) is 9.61. The number of hydrogen-bond donors (Lipinski definition) is 2. The molecule has 0 radical (unpaired) electrons. The smallest absolute Gasteiger partial charge is 0.308 e. The Morgan fingerprint density at radius 1 is 1.35 bits per heavy atom. The minimum atomic E-state index is -0.750. The van der Waals surface area contributed by atoms with Crippen LogP contribution in [0.3, 0.4) is 0 Å². The molecule has 0 heterocycles. The molecule has 0 saturated heterocycles. The monoisotopic (exact) mass is 336 g/mol. The molecular formula is C15H17BrN2O2. The van der Waals surface area contributed by atoms with Crippen molar-refractivity contribution in [2.75, 3.05) is 5.32 Å². The Morgan fingerprint density at radius 3 is 2.80 bits per heavy atom. The number of nitrogens with one attached hydrogen (secondary N) is 1. The molecule has 2 N–H and O–H groups in total. The number of halogens is 1. The van der Waals surface area contributed by atoms with Gasteiger partial charge in [-0.05, 0) is 31.0 Å². The largest absolute Gasteiger partial charge is 0.481 e. The fourth-order valence-corrected chi connectivity index (χ4v) is 3.07. The third-order valence-electron chi connectivity index (χ3n) is 3.78. The second-order valence-corrected chi connectivity index (χ2v) is 6.05. The number of anilines is 1. The predicted molar refractivity (Wildman–Crippen MR) is 80.5 cm³/mol. The first kappa shape index (κ1) is 14.9. The molecule has 0 amide bonds. The van der Waals surface area contributed by atoms with Crippen LogP contribution in [0, 0.1) is 17.2 Å². The molecule has 1 fully saturated rings. The zero-order chi connectivity index (χ0) is 14.5. The minimum Gasteiger partial charge on any atom is -0.481 e. The number of benzene rings is 1. The van der Waals surface area contributed by atoms with Crippen molar-refractivity contribution in [2.45, 2.75) is 38.1 Å². The summed E-state index contributed by atoms with van der Waals surface area (Å²) in [6, 6.07) is 7.47. The van der Waals surface area contributed by atoms with Crippen LogP contribution >= 0.6 is 15.9 Å². The molecule has 1 saturated carbocycles. The molecular weight excluding hydrogens is 320 g/mol. The van der Waals surface area contributed by atoms with Gasteiger partial charge < -0.3 is 10.4 Å². The Morgan fingerprint density at radius 2 is 2.10 bits per heavy atom. The van der Waals surface area contributed by atoms with E-state index in [1.807, 2.05) is 12.1 Å². The molecule has 106 valence electrons. The average Bonchev–Trinajstić information content (AvgIpc) is 2.66. The van der Waals surface area contributed by atoms with Crippen LogP contribution in [-0.2, 0) is 4.79 Å². The highest BCUT2D eigenvalue weighted by molar-refractivity contribution is 9.10. The molecule has 1 aromatic rings. The quantitative estimate of drug-likeness (QED) is 0.824. The maximum atomic E-state index is 11.4. The van der Waals surface area contributed by atoms with E-state index in [1.54, 1.807) is 6.07 Å². The second-order valence-electron chi connectivity index (χ2n) is 5.14. The van der Waals surface area contributed by atoms with E-state index in [9.17, 15) is 15.2 Å². The van der Waals surface area contributed by atoms with Gasteiger partial charge in [-0.2, -0.15) is 5.26 Å². The lowest BCUT2D eigenvalue weighted by atomic mass is 9.94. The van der Waals surface area contributed by atoms with Crippen molar-refractivity contribution in [2.24, 2.45) is 5.92 Å². The summed E-state index contributed by atoms with van der Waals surface area (Å²) in [5.41, 5.74) is 1.25. The van der Waals surface area contributed by atoms with Gasteiger partial charge in [0.05, 0.1) is 17.2 Å². The number of rotatable bonds is 3. The van der Waals surface area contributed by atoms with Crippen molar-refractivity contribution in [3.8, 4) is 6.07 Å². The maximum absolute atomic E-state index is 11.4. The van der Waals surface area contributed by atoms with Crippen LogP contribution < -0.4 is 5.32 Å². The molecule has 0 aliphatic heterocycles. The Bertz CT molecular complexity index is 539. The normalized spacial score (nSPS) is 22.6. The molecule has 1 aliphatic carbocycles. The lowest BCUT2D eigenvalue weighted by molar-refractivity contribution is -0.142. The lowest BCUT2D eigenvalue weighted by Crippen LogP contribution is -2.33. The summed E-state index contributed by atoms with van der Waals surface area (Å²) in [6.45, 7) is 0. The Balaban J connectivity index is 2.22. The van der Waals surface area contributed by atoms with Crippen LogP contribution in [0.5, 0.6) is 0 Å². The van der Waals surface area contributed by atoms with Gasteiger partial charge in [0.25, 0.3) is 0 Å². The van der Waals surface area contributed by atoms with Crippen LogP contribution in [0.2, 0.25) is 0 Å². The fourth-order valence-electron chi connectivity index (χ4n) is 2.71. The summed E-state index contributed by atoms with van der Waals surface area (Å²) in [7, 11) is 0. The highest BCUT2D eigenvalue weighted by Gasteiger charge is 2.29. The SMILES string of the molecule is N#Cc1cc(Br)ccc1NC1CCCCCC1C(=O)O. The van der Waals surface area contributed by atoms with Gasteiger partial charge in [-0.1, -0.05) is 35.2 Å². The first-order valence-corrected chi connectivity index (χ1v) is 7.60. The number of carbonyl (C=O) groups is 1. The topological polar surface area (TPSA) is 73.1 Å². The summed E-state index contributed by atoms with van der Waals surface area (Å²) in [5, 5.41) is 21.8. The van der Waals surface area contributed by atoms with E-state index in [0.717, 1.165) is 30.2 Å². The summed E-state index contributed by atoms with van der Waals surface area (Å²) in [5.74, 6) is -1.13. The number of nitriles is 1. The van der Waals surface area contributed by atoms with Gasteiger partial charge in [0.15, 0.2) is 0 Å². The third kappa shape index (κ3) is 3.51. The van der Waals surface area contributed by atoms with Gasteiger partial charge in [0.1, 0.15) is 6.07 Å².